The summed E-state index contributed by atoms with van der Waals surface area (Å²) in [4.78, 5) is 2.26. The number of para-hydroxylation sites is 2. The number of hydrogen-bond donors (Lipinski definition) is 1. The third-order valence-corrected chi connectivity index (χ3v) is 4.78. The van der Waals surface area contributed by atoms with Crippen molar-refractivity contribution < 1.29 is 9.47 Å². The molecular weight excluding hydrogens is 324 g/mol. The zero-order chi connectivity index (χ0) is 18.4. The molecule has 0 aliphatic carbocycles. The van der Waals surface area contributed by atoms with Gasteiger partial charge < -0.3 is 19.7 Å². The van der Waals surface area contributed by atoms with Crippen molar-refractivity contribution in [2.24, 2.45) is 0 Å². The van der Waals surface area contributed by atoms with Crippen LogP contribution in [0.1, 0.15) is 18.5 Å². The number of nitrogens with one attached hydrogen (secondary N) is 1. The van der Waals surface area contributed by atoms with Gasteiger partial charge in [0.05, 0.1) is 31.1 Å². The number of hydrogen-bond acceptors (Lipinski definition) is 4. The van der Waals surface area contributed by atoms with Gasteiger partial charge in [-0.25, -0.2) is 0 Å². The summed E-state index contributed by atoms with van der Waals surface area (Å²) >= 11 is 0. The topological polar surface area (TPSA) is 33.7 Å². The largest absolute Gasteiger partial charge is 0.497 e. The number of rotatable bonds is 7. The van der Waals surface area contributed by atoms with Crippen LogP contribution in [0.25, 0.3) is 0 Å². The molecule has 4 heteroatoms. The van der Waals surface area contributed by atoms with Crippen LogP contribution in [0.3, 0.4) is 0 Å². The van der Waals surface area contributed by atoms with Gasteiger partial charge in [0.15, 0.2) is 0 Å². The van der Waals surface area contributed by atoms with Gasteiger partial charge in [0, 0.05) is 12.7 Å². The Morgan fingerprint density at radius 1 is 1.08 bits per heavy atom. The van der Waals surface area contributed by atoms with E-state index in [1.807, 2.05) is 30.3 Å². The number of ether oxygens (including phenoxy) is 2. The fraction of sp³-hybridized carbons (Fsp3) is 0.273. The van der Waals surface area contributed by atoms with Gasteiger partial charge >= 0.3 is 0 Å². The predicted molar refractivity (Wildman–Crippen MR) is 106 cm³/mol. The zero-order valence-corrected chi connectivity index (χ0v) is 15.6. The first-order valence-corrected chi connectivity index (χ1v) is 8.86. The van der Waals surface area contributed by atoms with Crippen LogP contribution < -0.4 is 15.0 Å². The van der Waals surface area contributed by atoms with E-state index in [1.54, 1.807) is 13.4 Å². The molecule has 1 N–H and O–H groups in total. The molecule has 1 aliphatic rings. The van der Waals surface area contributed by atoms with E-state index in [4.69, 9.17) is 9.47 Å². The highest BCUT2D eigenvalue weighted by Gasteiger charge is 2.25. The molecule has 1 heterocycles. The number of methoxy groups -OCH3 is 1. The van der Waals surface area contributed by atoms with Crippen molar-refractivity contribution in [3.63, 3.8) is 0 Å². The monoisotopic (exact) mass is 350 g/mol. The number of nitrogens with zero attached hydrogens (tertiary/aromatic N) is 1. The lowest BCUT2D eigenvalue weighted by Crippen LogP contribution is -2.41. The van der Waals surface area contributed by atoms with E-state index >= 15 is 0 Å². The van der Waals surface area contributed by atoms with Gasteiger partial charge in [0.2, 0.25) is 0 Å². The molecule has 136 valence electrons. The zero-order valence-electron chi connectivity index (χ0n) is 15.6. The third-order valence-electron chi connectivity index (χ3n) is 4.78. The van der Waals surface area contributed by atoms with Gasteiger partial charge in [0.1, 0.15) is 12.4 Å². The molecule has 0 radical (unpaired) electrons. The number of benzene rings is 2. The van der Waals surface area contributed by atoms with Crippen molar-refractivity contribution in [2.75, 3.05) is 25.7 Å². The molecule has 2 atom stereocenters. The Hall–Kier alpha value is -2.88. The SMILES string of the molecule is COc1ccccc1N(C)C(C)C(NC1=CCOC=C1)c1ccccc1. The molecule has 2 unspecified atom stereocenters. The average molecular weight is 350 g/mol. The van der Waals surface area contributed by atoms with Crippen LogP contribution in [0, 0.1) is 0 Å². The Bertz CT molecular complexity index is 771. The molecule has 0 saturated heterocycles. The third kappa shape index (κ3) is 4.02. The molecular formula is C22H26N2O2. The number of likely N-dealkylation sites (N-methyl/N-ethyl adjacent to an activating group) is 1. The highest BCUT2D eigenvalue weighted by Crippen LogP contribution is 2.32. The van der Waals surface area contributed by atoms with E-state index in [2.05, 4.69) is 60.6 Å². The summed E-state index contributed by atoms with van der Waals surface area (Å²) in [6.45, 7) is 2.82. The van der Waals surface area contributed by atoms with Crippen LogP contribution in [0.5, 0.6) is 5.75 Å². The van der Waals surface area contributed by atoms with Crippen LogP contribution in [-0.4, -0.2) is 26.8 Å². The molecule has 0 saturated carbocycles. The summed E-state index contributed by atoms with van der Waals surface area (Å²) in [5, 5.41) is 3.67. The lowest BCUT2D eigenvalue weighted by Gasteiger charge is -2.36. The van der Waals surface area contributed by atoms with Gasteiger partial charge in [0.25, 0.3) is 0 Å². The van der Waals surface area contributed by atoms with Gasteiger partial charge in [-0.1, -0.05) is 42.5 Å². The molecule has 0 aromatic heterocycles. The van der Waals surface area contributed by atoms with Crippen molar-refractivity contribution in [1.82, 2.24) is 5.32 Å². The van der Waals surface area contributed by atoms with Gasteiger partial charge in [-0.05, 0) is 36.8 Å². The predicted octanol–water partition coefficient (Wildman–Crippen LogP) is 4.28. The van der Waals surface area contributed by atoms with E-state index < -0.39 is 0 Å². The Labute approximate surface area is 155 Å². The standard InChI is InChI=1S/C22H26N2O2/c1-17(24(2)20-11-7-8-12-21(20)25-3)22(18-9-5-4-6-10-18)23-19-13-15-26-16-14-19/h4-15,17,22-23H,16H2,1-3H3. The maximum atomic E-state index is 5.55. The quantitative estimate of drug-likeness (QED) is 0.808. The Balaban J connectivity index is 1.90. The first-order chi connectivity index (χ1) is 12.7. The minimum Gasteiger partial charge on any atom is -0.497 e. The summed E-state index contributed by atoms with van der Waals surface area (Å²) in [5.41, 5.74) is 3.38. The molecule has 26 heavy (non-hydrogen) atoms. The van der Waals surface area contributed by atoms with Gasteiger partial charge in [-0.2, -0.15) is 0 Å². The van der Waals surface area contributed by atoms with E-state index in [1.165, 1.54) is 5.56 Å². The number of allylic oxidation sites excluding steroid dienone is 1. The van der Waals surface area contributed by atoms with Crippen LogP contribution in [-0.2, 0) is 4.74 Å². The maximum Gasteiger partial charge on any atom is 0.142 e. The fourth-order valence-electron chi connectivity index (χ4n) is 3.18. The first kappa shape index (κ1) is 17.9. The van der Waals surface area contributed by atoms with E-state index in [-0.39, 0.29) is 12.1 Å². The second-order valence-electron chi connectivity index (χ2n) is 6.35. The van der Waals surface area contributed by atoms with Crippen molar-refractivity contribution in [3.05, 3.63) is 84.3 Å². The van der Waals surface area contributed by atoms with Crippen molar-refractivity contribution in [3.8, 4) is 5.75 Å². The Kier molecular flexibility index (Phi) is 5.84. The molecule has 0 spiro atoms. The normalized spacial score (nSPS) is 15.4. The minimum absolute atomic E-state index is 0.111. The average Bonchev–Trinajstić information content (AvgIpc) is 2.72. The Morgan fingerprint density at radius 3 is 2.50 bits per heavy atom. The Morgan fingerprint density at radius 2 is 1.81 bits per heavy atom. The molecule has 4 nitrogen and oxygen atoms in total. The summed E-state index contributed by atoms with van der Waals surface area (Å²) in [6, 6.07) is 18.9. The summed E-state index contributed by atoms with van der Waals surface area (Å²) in [7, 11) is 3.82. The van der Waals surface area contributed by atoms with Crippen LogP contribution in [0.2, 0.25) is 0 Å². The highest BCUT2D eigenvalue weighted by molar-refractivity contribution is 5.59. The van der Waals surface area contributed by atoms with Crippen molar-refractivity contribution in [2.45, 2.75) is 19.0 Å². The lowest BCUT2D eigenvalue weighted by atomic mass is 9.98. The number of anilines is 1. The summed E-state index contributed by atoms with van der Waals surface area (Å²) < 4.78 is 10.8. The molecule has 1 aliphatic heterocycles. The second-order valence-corrected chi connectivity index (χ2v) is 6.35. The molecule has 2 aromatic rings. The van der Waals surface area contributed by atoms with Gasteiger partial charge in [-0.3, -0.25) is 0 Å². The van der Waals surface area contributed by atoms with E-state index in [9.17, 15) is 0 Å². The molecule has 0 fully saturated rings. The minimum atomic E-state index is 0.111. The maximum absolute atomic E-state index is 5.55. The molecule has 0 amide bonds. The molecule has 0 bridgehead atoms. The van der Waals surface area contributed by atoms with Crippen LogP contribution in [0.4, 0.5) is 5.69 Å². The first-order valence-electron chi connectivity index (χ1n) is 8.86. The highest BCUT2D eigenvalue weighted by atomic mass is 16.5. The fourth-order valence-corrected chi connectivity index (χ4v) is 3.18. The van der Waals surface area contributed by atoms with E-state index in [0.29, 0.717) is 6.61 Å². The van der Waals surface area contributed by atoms with E-state index in [0.717, 1.165) is 17.1 Å². The van der Waals surface area contributed by atoms with Crippen LogP contribution in [0.15, 0.2) is 78.7 Å². The molecule has 3 rings (SSSR count). The molecule has 2 aromatic carbocycles. The smallest absolute Gasteiger partial charge is 0.142 e. The van der Waals surface area contributed by atoms with Crippen molar-refractivity contribution in [1.29, 1.82) is 0 Å². The lowest BCUT2D eigenvalue weighted by molar-refractivity contribution is 0.282. The summed E-state index contributed by atoms with van der Waals surface area (Å²) in [6.07, 6.45) is 5.76. The van der Waals surface area contributed by atoms with Crippen LogP contribution >= 0.6 is 0 Å². The second kappa shape index (κ2) is 8.48. The van der Waals surface area contributed by atoms with Crippen molar-refractivity contribution >= 4 is 5.69 Å². The summed E-state index contributed by atoms with van der Waals surface area (Å²) in [5.74, 6) is 0.874. The van der Waals surface area contributed by atoms with Gasteiger partial charge in [-0.15, -0.1) is 0 Å².